The predicted molar refractivity (Wildman–Crippen MR) is 69.7 cm³/mol. The number of hydrogen-bond acceptors (Lipinski definition) is 5. The van der Waals surface area contributed by atoms with Gasteiger partial charge in [-0.3, -0.25) is 18.4 Å². The van der Waals surface area contributed by atoms with Gasteiger partial charge in [0.05, 0.1) is 19.8 Å². The van der Waals surface area contributed by atoms with Crippen LogP contribution in [0.3, 0.4) is 0 Å². The zero-order valence-electron chi connectivity index (χ0n) is 12.3. The van der Waals surface area contributed by atoms with Crippen molar-refractivity contribution in [2.24, 2.45) is 0 Å². The van der Waals surface area contributed by atoms with E-state index >= 15 is 0 Å². The standard InChI is InChI=1S/C11H21F3NO5P/c1-4-18-21(17,19-5-2)20-9-7-6-8-15(3)10(16)11(12,13)14/h4-9H2,1-3H3. The molecule has 0 spiro atoms. The minimum absolute atomic E-state index is 0.00528. The number of hydrogen-bond donors (Lipinski definition) is 0. The van der Waals surface area contributed by atoms with E-state index < -0.39 is 19.9 Å². The van der Waals surface area contributed by atoms with E-state index in [4.69, 9.17) is 13.6 Å². The second-order valence-electron chi connectivity index (χ2n) is 4.05. The zero-order chi connectivity index (χ0) is 16.5. The molecule has 21 heavy (non-hydrogen) atoms. The van der Waals surface area contributed by atoms with Crippen molar-refractivity contribution < 1.29 is 36.1 Å². The van der Waals surface area contributed by atoms with Crippen LogP contribution in [0.4, 0.5) is 13.2 Å². The molecule has 10 heteroatoms. The topological polar surface area (TPSA) is 65.1 Å². The summed E-state index contributed by atoms with van der Waals surface area (Å²) in [6.07, 6.45) is -4.28. The van der Waals surface area contributed by atoms with E-state index in [1.54, 1.807) is 13.8 Å². The molecular weight excluding hydrogens is 314 g/mol. The number of carbonyl (C=O) groups is 1. The number of alkyl halides is 3. The third-order valence-electron chi connectivity index (χ3n) is 2.30. The molecule has 6 nitrogen and oxygen atoms in total. The van der Waals surface area contributed by atoms with Crippen molar-refractivity contribution in [2.75, 3.05) is 33.4 Å². The SMILES string of the molecule is CCOP(=O)(OCC)OCCCCN(C)C(=O)C(F)(F)F. The fraction of sp³-hybridized carbons (Fsp3) is 0.909. The average Bonchev–Trinajstić information content (AvgIpc) is 2.36. The van der Waals surface area contributed by atoms with Gasteiger partial charge in [-0.25, -0.2) is 4.57 Å². The molecule has 0 aromatic rings. The number of amides is 1. The third kappa shape index (κ3) is 8.40. The summed E-state index contributed by atoms with van der Waals surface area (Å²) in [5, 5.41) is 0. The highest BCUT2D eigenvalue weighted by atomic mass is 31.2. The predicted octanol–water partition coefficient (Wildman–Crippen LogP) is 2.99. The van der Waals surface area contributed by atoms with Gasteiger partial charge in [-0.05, 0) is 26.7 Å². The number of halogens is 3. The van der Waals surface area contributed by atoms with Crippen molar-refractivity contribution in [1.82, 2.24) is 4.90 Å². The van der Waals surface area contributed by atoms with Crippen LogP contribution in [0.5, 0.6) is 0 Å². The molecule has 0 heterocycles. The second-order valence-corrected chi connectivity index (χ2v) is 5.72. The molecule has 0 bridgehead atoms. The molecule has 0 aromatic carbocycles. The fourth-order valence-electron chi connectivity index (χ4n) is 1.37. The fourth-order valence-corrected chi connectivity index (χ4v) is 2.58. The van der Waals surface area contributed by atoms with E-state index in [0.29, 0.717) is 11.3 Å². The highest BCUT2D eigenvalue weighted by molar-refractivity contribution is 7.48. The first-order valence-electron chi connectivity index (χ1n) is 6.52. The number of phosphoric acid groups is 1. The van der Waals surface area contributed by atoms with Crippen LogP contribution in [0.2, 0.25) is 0 Å². The average molecular weight is 335 g/mol. The molecule has 0 atom stereocenters. The van der Waals surface area contributed by atoms with Crippen LogP contribution in [0.1, 0.15) is 26.7 Å². The van der Waals surface area contributed by atoms with Crippen LogP contribution >= 0.6 is 7.82 Å². The Morgan fingerprint density at radius 3 is 2.05 bits per heavy atom. The van der Waals surface area contributed by atoms with Crippen molar-refractivity contribution in [3.05, 3.63) is 0 Å². The van der Waals surface area contributed by atoms with E-state index in [1.165, 1.54) is 0 Å². The Bertz CT molecular complexity index is 354. The second kappa shape index (κ2) is 9.40. The maximum Gasteiger partial charge on any atom is 0.474 e. The number of phosphoric ester groups is 1. The summed E-state index contributed by atoms with van der Waals surface area (Å²) >= 11 is 0. The molecule has 1 amide bonds. The molecule has 0 aliphatic heterocycles. The Morgan fingerprint density at radius 1 is 1.10 bits per heavy atom. The van der Waals surface area contributed by atoms with Crippen LogP contribution in [0, 0.1) is 0 Å². The molecule has 0 aliphatic rings. The van der Waals surface area contributed by atoms with Crippen molar-refractivity contribution in [2.45, 2.75) is 32.9 Å². The molecule has 0 N–H and O–H groups in total. The van der Waals surface area contributed by atoms with Gasteiger partial charge in [0.1, 0.15) is 0 Å². The third-order valence-corrected chi connectivity index (χ3v) is 3.95. The van der Waals surface area contributed by atoms with E-state index in [-0.39, 0.29) is 32.8 Å². The Balaban J connectivity index is 4.00. The van der Waals surface area contributed by atoms with Gasteiger partial charge in [0, 0.05) is 13.6 Å². The van der Waals surface area contributed by atoms with Crippen molar-refractivity contribution in [3.8, 4) is 0 Å². The largest absolute Gasteiger partial charge is 0.474 e. The van der Waals surface area contributed by atoms with Crippen molar-refractivity contribution in [3.63, 3.8) is 0 Å². The van der Waals surface area contributed by atoms with Crippen LogP contribution in [0.25, 0.3) is 0 Å². The summed E-state index contributed by atoms with van der Waals surface area (Å²) in [4.78, 5) is 11.4. The zero-order valence-corrected chi connectivity index (χ0v) is 13.2. The lowest BCUT2D eigenvalue weighted by Gasteiger charge is -2.19. The highest BCUT2D eigenvalue weighted by Gasteiger charge is 2.40. The summed E-state index contributed by atoms with van der Waals surface area (Å²) in [6.45, 7) is 3.50. The minimum atomic E-state index is -4.87. The number of nitrogens with zero attached hydrogens (tertiary/aromatic N) is 1. The molecule has 0 saturated carbocycles. The highest BCUT2D eigenvalue weighted by Crippen LogP contribution is 2.49. The normalized spacial score (nSPS) is 12.5. The summed E-state index contributed by atoms with van der Waals surface area (Å²) in [7, 11) is -2.52. The van der Waals surface area contributed by atoms with Gasteiger partial charge in [-0.15, -0.1) is 0 Å². The smallest absolute Gasteiger partial charge is 0.338 e. The van der Waals surface area contributed by atoms with E-state index in [9.17, 15) is 22.5 Å². The van der Waals surface area contributed by atoms with E-state index in [2.05, 4.69) is 0 Å². The first-order chi connectivity index (χ1) is 9.66. The molecule has 0 fully saturated rings. The van der Waals surface area contributed by atoms with Gasteiger partial charge in [-0.1, -0.05) is 0 Å². The quantitative estimate of drug-likeness (QED) is 0.454. The molecule has 126 valence electrons. The van der Waals surface area contributed by atoms with Crippen molar-refractivity contribution >= 4 is 13.7 Å². The van der Waals surface area contributed by atoms with Crippen LogP contribution < -0.4 is 0 Å². The number of unbranched alkanes of at least 4 members (excludes halogenated alkanes) is 1. The summed E-state index contributed by atoms with van der Waals surface area (Å²) in [5.74, 6) is -1.89. The van der Waals surface area contributed by atoms with Gasteiger partial charge in [0.15, 0.2) is 0 Å². The summed E-state index contributed by atoms with van der Waals surface area (Å²) < 4.78 is 63.0. The van der Waals surface area contributed by atoms with Gasteiger partial charge in [0.2, 0.25) is 0 Å². The first kappa shape index (κ1) is 20.4. The minimum Gasteiger partial charge on any atom is -0.338 e. The monoisotopic (exact) mass is 335 g/mol. The molecule has 0 aliphatic carbocycles. The number of carbonyl (C=O) groups excluding carboxylic acids is 1. The van der Waals surface area contributed by atoms with Crippen LogP contribution in [-0.2, 0) is 22.9 Å². The van der Waals surface area contributed by atoms with Crippen LogP contribution in [0.15, 0.2) is 0 Å². The maximum atomic E-state index is 12.1. The molecule has 0 rings (SSSR count). The Morgan fingerprint density at radius 2 is 1.62 bits per heavy atom. The summed E-state index contributed by atoms with van der Waals surface area (Å²) in [6, 6.07) is 0. The van der Waals surface area contributed by atoms with Gasteiger partial charge >= 0.3 is 19.9 Å². The Kier molecular flexibility index (Phi) is 9.12. The lowest BCUT2D eigenvalue weighted by molar-refractivity contribution is -0.184. The summed E-state index contributed by atoms with van der Waals surface area (Å²) in [5.41, 5.74) is 0. The lowest BCUT2D eigenvalue weighted by Crippen LogP contribution is -2.38. The first-order valence-corrected chi connectivity index (χ1v) is 7.98. The van der Waals surface area contributed by atoms with Gasteiger partial charge in [-0.2, -0.15) is 13.2 Å². The molecule has 0 saturated heterocycles. The number of rotatable bonds is 10. The Labute approximate surface area is 122 Å². The molecule has 0 unspecified atom stereocenters. The molecular formula is C11H21F3NO5P. The van der Waals surface area contributed by atoms with Crippen molar-refractivity contribution in [1.29, 1.82) is 0 Å². The van der Waals surface area contributed by atoms with E-state index in [0.717, 1.165) is 7.05 Å². The Hall–Kier alpha value is -0.630. The van der Waals surface area contributed by atoms with E-state index in [1.807, 2.05) is 0 Å². The lowest BCUT2D eigenvalue weighted by atomic mass is 10.3. The molecule has 0 aromatic heterocycles. The van der Waals surface area contributed by atoms with Crippen LogP contribution in [-0.4, -0.2) is 50.4 Å². The maximum absolute atomic E-state index is 12.1. The van der Waals surface area contributed by atoms with Gasteiger partial charge < -0.3 is 4.90 Å². The van der Waals surface area contributed by atoms with Gasteiger partial charge in [0.25, 0.3) is 0 Å². The molecule has 0 radical (unpaired) electrons.